The van der Waals surface area contributed by atoms with Crippen LogP contribution in [0, 0.1) is 0 Å². The highest BCUT2D eigenvalue weighted by Gasteiger charge is 2.19. The van der Waals surface area contributed by atoms with Crippen molar-refractivity contribution in [3.63, 3.8) is 0 Å². The average molecular weight is 489 g/mol. The molecule has 4 aromatic heterocycles. The first-order valence-electron chi connectivity index (χ1n) is 12.1. The van der Waals surface area contributed by atoms with E-state index in [0.29, 0.717) is 24.0 Å². The highest BCUT2D eigenvalue weighted by atomic mass is 16.5. The van der Waals surface area contributed by atoms with Crippen LogP contribution < -0.4 is 15.4 Å². The quantitative estimate of drug-likeness (QED) is 0.338. The molecule has 11 heteroatoms. The number of piperazine rings is 1. The Morgan fingerprint density at radius 1 is 1.06 bits per heavy atom. The molecule has 0 unspecified atom stereocenters. The Hall–Kier alpha value is -4.09. The lowest BCUT2D eigenvalue weighted by molar-refractivity contribution is 0.201. The number of aromatic nitrogens is 5. The van der Waals surface area contributed by atoms with Crippen LogP contribution in [0.25, 0.3) is 28.0 Å². The molecule has 0 saturated carbocycles. The number of fused-ring (bicyclic) bond motifs is 3. The number of aliphatic hydroxyl groups excluding tert-OH is 1. The van der Waals surface area contributed by atoms with E-state index in [1.165, 1.54) is 0 Å². The summed E-state index contributed by atoms with van der Waals surface area (Å²) in [7, 11) is 0. The summed E-state index contributed by atoms with van der Waals surface area (Å²) in [5.41, 5.74) is 9.70. The minimum absolute atomic E-state index is 0.00981. The molecule has 5 aromatic rings. The molecule has 0 aliphatic carbocycles. The summed E-state index contributed by atoms with van der Waals surface area (Å²) in [4.78, 5) is 9.40. The summed E-state index contributed by atoms with van der Waals surface area (Å²) in [5.74, 6) is 1.78. The Balaban J connectivity index is 1.12. The van der Waals surface area contributed by atoms with E-state index in [1.54, 1.807) is 10.8 Å². The number of nitrogens with two attached hydrogens (primary N) is 1. The fraction of sp³-hybridized carbons (Fsp3) is 0.320. The van der Waals surface area contributed by atoms with E-state index >= 15 is 0 Å². The second-order valence-corrected chi connectivity index (χ2v) is 8.78. The average Bonchev–Trinajstić information content (AvgIpc) is 3.67. The Kier molecular flexibility index (Phi) is 5.91. The van der Waals surface area contributed by atoms with Crippen LogP contribution in [-0.4, -0.2) is 80.3 Å². The zero-order valence-corrected chi connectivity index (χ0v) is 19.8. The number of anilines is 2. The third-order valence-corrected chi connectivity index (χ3v) is 6.55. The van der Waals surface area contributed by atoms with Gasteiger partial charge in [-0.05, 0) is 30.3 Å². The second-order valence-electron chi connectivity index (χ2n) is 8.78. The number of rotatable bonds is 8. The molecule has 0 spiro atoms. The summed E-state index contributed by atoms with van der Waals surface area (Å²) in [6.45, 7) is 5.67. The normalized spacial score (nSPS) is 14.8. The van der Waals surface area contributed by atoms with Gasteiger partial charge < -0.3 is 24.9 Å². The lowest BCUT2D eigenvalue weighted by Crippen LogP contribution is -2.47. The van der Waals surface area contributed by atoms with Crippen LogP contribution >= 0.6 is 0 Å². The highest BCUT2D eigenvalue weighted by Crippen LogP contribution is 2.27. The van der Waals surface area contributed by atoms with E-state index < -0.39 is 0 Å². The Labute approximate surface area is 207 Å². The first-order valence-corrected chi connectivity index (χ1v) is 12.1. The van der Waals surface area contributed by atoms with E-state index in [-0.39, 0.29) is 6.61 Å². The molecule has 186 valence electrons. The number of nitrogen functional groups attached to an aromatic ring is 1. The van der Waals surface area contributed by atoms with Crippen LogP contribution in [0.2, 0.25) is 0 Å². The number of nitrogens with zero attached hydrogens (tertiary/aromatic N) is 7. The van der Waals surface area contributed by atoms with Crippen LogP contribution in [-0.2, 0) is 6.54 Å². The molecule has 1 aliphatic rings. The van der Waals surface area contributed by atoms with Gasteiger partial charge in [-0.3, -0.25) is 4.90 Å². The third kappa shape index (κ3) is 4.23. The van der Waals surface area contributed by atoms with Crippen LogP contribution in [0.5, 0.6) is 5.75 Å². The summed E-state index contributed by atoms with van der Waals surface area (Å²) in [6.07, 6.45) is 3.45. The van der Waals surface area contributed by atoms with Gasteiger partial charge in [-0.1, -0.05) is 6.07 Å². The van der Waals surface area contributed by atoms with Gasteiger partial charge in [-0.2, -0.15) is 19.7 Å². The van der Waals surface area contributed by atoms with Crippen molar-refractivity contribution in [1.82, 2.24) is 29.3 Å². The molecule has 1 aliphatic heterocycles. The van der Waals surface area contributed by atoms with Crippen molar-refractivity contribution in [2.45, 2.75) is 6.54 Å². The van der Waals surface area contributed by atoms with Crippen LogP contribution in [0.15, 0.2) is 59.3 Å². The third-order valence-electron chi connectivity index (χ3n) is 6.55. The molecule has 0 atom stereocenters. The molecule has 11 nitrogen and oxygen atoms in total. The Bertz CT molecular complexity index is 1470. The van der Waals surface area contributed by atoms with Crippen molar-refractivity contribution in [1.29, 1.82) is 0 Å². The molecule has 1 fully saturated rings. The predicted molar refractivity (Wildman–Crippen MR) is 136 cm³/mol. The molecule has 1 aromatic carbocycles. The topological polar surface area (TPSA) is 123 Å². The number of ether oxygens (including phenoxy) is 1. The standard InChI is InChI=1S/C25H28N8O3/c26-25-28-24-20(22-16-21(29-33(22)25)23-5-2-13-36-23)17-27-32(24)11-8-30-6-9-31(10-7-30)18-3-1-4-19(15-18)35-14-12-34/h1-5,13,15-17,34H,6-12,14H2,(H2,26,28). The molecule has 1 saturated heterocycles. The van der Waals surface area contributed by atoms with Crippen LogP contribution in [0.4, 0.5) is 11.6 Å². The molecule has 36 heavy (non-hydrogen) atoms. The summed E-state index contributed by atoms with van der Waals surface area (Å²) in [5, 5.41) is 19.0. The van der Waals surface area contributed by atoms with Crippen LogP contribution in [0.1, 0.15) is 0 Å². The summed E-state index contributed by atoms with van der Waals surface area (Å²) >= 11 is 0. The van der Waals surface area contributed by atoms with E-state index in [2.05, 4.69) is 31.0 Å². The van der Waals surface area contributed by atoms with Crippen molar-refractivity contribution in [2.24, 2.45) is 0 Å². The number of hydrogen-bond donors (Lipinski definition) is 2. The summed E-state index contributed by atoms with van der Waals surface area (Å²) in [6, 6.07) is 13.7. The minimum Gasteiger partial charge on any atom is -0.491 e. The van der Waals surface area contributed by atoms with Gasteiger partial charge in [0.05, 0.1) is 36.5 Å². The maximum atomic E-state index is 8.98. The molecule has 0 bridgehead atoms. The van der Waals surface area contributed by atoms with Crippen molar-refractivity contribution < 1.29 is 14.3 Å². The molecule has 6 rings (SSSR count). The van der Waals surface area contributed by atoms with Crippen molar-refractivity contribution in [3.05, 3.63) is 54.9 Å². The first-order chi connectivity index (χ1) is 17.7. The molecule has 5 heterocycles. The van der Waals surface area contributed by atoms with E-state index in [1.807, 2.05) is 47.3 Å². The van der Waals surface area contributed by atoms with Gasteiger partial charge in [0.15, 0.2) is 11.4 Å². The largest absolute Gasteiger partial charge is 0.491 e. The minimum atomic E-state index is 0.00981. The van der Waals surface area contributed by atoms with Crippen molar-refractivity contribution in [2.75, 3.05) is 56.6 Å². The molecule has 3 N–H and O–H groups in total. The zero-order chi connectivity index (χ0) is 24.5. The van der Waals surface area contributed by atoms with Crippen LogP contribution in [0.3, 0.4) is 0 Å². The predicted octanol–water partition coefficient (Wildman–Crippen LogP) is 2.11. The molecule has 0 amide bonds. The second kappa shape index (κ2) is 9.51. The summed E-state index contributed by atoms with van der Waals surface area (Å²) < 4.78 is 14.6. The first kappa shape index (κ1) is 22.4. The maximum absolute atomic E-state index is 8.98. The number of aliphatic hydroxyl groups is 1. The smallest absolute Gasteiger partial charge is 0.223 e. The zero-order valence-electron chi connectivity index (χ0n) is 19.8. The van der Waals surface area contributed by atoms with Gasteiger partial charge >= 0.3 is 0 Å². The lowest BCUT2D eigenvalue weighted by Gasteiger charge is -2.36. The van der Waals surface area contributed by atoms with E-state index in [9.17, 15) is 0 Å². The number of hydrogen-bond acceptors (Lipinski definition) is 9. The lowest BCUT2D eigenvalue weighted by atomic mass is 10.2. The van der Waals surface area contributed by atoms with E-state index in [4.69, 9.17) is 20.0 Å². The van der Waals surface area contributed by atoms with Gasteiger partial charge in [0.1, 0.15) is 18.1 Å². The van der Waals surface area contributed by atoms with Crippen molar-refractivity contribution >= 4 is 28.2 Å². The molecular weight excluding hydrogens is 460 g/mol. The molecular formula is C25H28N8O3. The van der Waals surface area contributed by atoms with Gasteiger partial charge in [0.2, 0.25) is 5.95 Å². The van der Waals surface area contributed by atoms with Gasteiger partial charge in [0, 0.05) is 44.5 Å². The maximum Gasteiger partial charge on any atom is 0.223 e. The highest BCUT2D eigenvalue weighted by molar-refractivity contribution is 5.93. The Morgan fingerprint density at radius 2 is 1.94 bits per heavy atom. The monoisotopic (exact) mass is 488 g/mol. The van der Waals surface area contributed by atoms with Gasteiger partial charge in [-0.25, -0.2) is 4.68 Å². The number of furan rings is 1. The molecule has 0 radical (unpaired) electrons. The Morgan fingerprint density at radius 3 is 2.75 bits per heavy atom. The van der Waals surface area contributed by atoms with Gasteiger partial charge in [-0.15, -0.1) is 0 Å². The fourth-order valence-corrected chi connectivity index (χ4v) is 4.69. The fourth-order valence-electron chi connectivity index (χ4n) is 4.69. The van der Waals surface area contributed by atoms with Crippen molar-refractivity contribution in [3.8, 4) is 17.2 Å². The SMILES string of the molecule is Nc1nc2c(cnn2CCN2CCN(c3cccc(OCCO)c3)CC2)c2cc(-c3ccco3)nn12. The number of benzene rings is 1. The van der Waals surface area contributed by atoms with E-state index in [0.717, 1.165) is 67.3 Å². The van der Waals surface area contributed by atoms with Gasteiger partial charge in [0.25, 0.3) is 0 Å².